The lowest BCUT2D eigenvalue weighted by molar-refractivity contribution is 0.0906. The molecule has 1 atom stereocenters. The van der Waals surface area contributed by atoms with Gasteiger partial charge in [-0.3, -0.25) is 14.5 Å². The van der Waals surface area contributed by atoms with Crippen LogP contribution in [0.3, 0.4) is 0 Å². The number of nitrogens with one attached hydrogen (secondary N) is 1. The molecular formula is C23H25ClN4O3. The van der Waals surface area contributed by atoms with E-state index in [0.29, 0.717) is 17.3 Å². The fourth-order valence-electron chi connectivity index (χ4n) is 3.94. The highest BCUT2D eigenvalue weighted by Crippen LogP contribution is 2.24. The van der Waals surface area contributed by atoms with Gasteiger partial charge < -0.3 is 9.73 Å². The van der Waals surface area contributed by atoms with Gasteiger partial charge in [0.05, 0.1) is 18.0 Å². The van der Waals surface area contributed by atoms with E-state index in [-0.39, 0.29) is 11.7 Å². The summed E-state index contributed by atoms with van der Waals surface area (Å²) in [6.45, 7) is 4.01. The van der Waals surface area contributed by atoms with Crippen molar-refractivity contribution in [2.75, 3.05) is 19.6 Å². The van der Waals surface area contributed by atoms with Crippen LogP contribution in [0.1, 0.15) is 47.2 Å². The maximum Gasteiger partial charge on any atom is 0.275 e. The van der Waals surface area contributed by atoms with Gasteiger partial charge in [0.15, 0.2) is 5.69 Å². The van der Waals surface area contributed by atoms with Gasteiger partial charge in [0, 0.05) is 23.3 Å². The minimum atomic E-state index is -0.499. The maximum atomic E-state index is 12.9. The van der Waals surface area contributed by atoms with Crippen LogP contribution in [-0.4, -0.2) is 40.2 Å². The summed E-state index contributed by atoms with van der Waals surface area (Å²) in [4.78, 5) is 27.7. The standard InChI is InChI=1S/C23H25ClN4O3/c1-16-14-20(29)22(26-28(16)18-9-7-17(24)8-10-18)23(30)25-15-19(21-6-5-13-31-21)27-11-3-2-4-12-27/h5-10,13-14,19H,2-4,11-12,15H2,1H3,(H,25,30). The van der Waals surface area contributed by atoms with Crippen molar-refractivity contribution in [1.29, 1.82) is 0 Å². The molecule has 2 aromatic heterocycles. The Hall–Kier alpha value is -2.90. The van der Waals surface area contributed by atoms with E-state index >= 15 is 0 Å². The Morgan fingerprint density at radius 1 is 1.19 bits per heavy atom. The summed E-state index contributed by atoms with van der Waals surface area (Å²) in [5.74, 6) is 0.305. The first-order valence-corrected chi connectivity index (χ1v) is 10.8. The molecule has 4 rings (SSSR count). The summed E-state index contributed by atoms with van der Waals surface area (Å²) >= 11 is 5.97. The second-order valence-corrected chi connectivity index (χ2v) is 8.16. The van der Waals surface area contributed by atoms with Crippen LogP contribution in [0, 0.1) is 6.92 Å². The number of likely N-dealkylation sites (tertiary alicyclic amines) is 1. The number of rotatable bonds is 6. The molecule has 1 unspecified atom stereocenters. The van der Waals surface area contributed by atoms with Crippen LogP contribution in [0.15, 0.2) is 57.9 Å². The molecule has 31 heavy (non-hydrogen) atoms. The molecule has 1 aliphatic heterocycles. The summed E-state index contributed by atoms with van der Waals surface area (Å²) in [6, 6.07) is 12.2. The number of piperidine rings is 1. The molecule has 162 valence electrons. The summed E-state index contributed by atoms with van der Waals surface area (Å²) in [5.41, 5.74) is 0.800. The van der Waals surface area contributed by atoms with E-state index in [1.54, 1.807) is 42.1 Å². The minimum absolute atomic E-state index is 0.0804. The molecule has 0 radical (unpaired) electrons. The van der Waals surface area contributed by atoms with E-state index in [2.05, 4.69) is 15.3 Å². The van der Waals surface area contributed by atoms with Gasteiger partial charge >= 0.3 is 0 Å². The Kier molecular flexibility index (Phi) is 6.53. The van der Waals surface area contributed by atoms with Crippen molar-refractivity contribution in [3.05, 3.63) is 81.1 Å². The van der Waals surface area contributed by atoms with E-state index in [1.807, 2.05) is 12.1 Å². The fraction of sp³-hybridized carbons (Fsp3) is 0.348. The number of halogens is 1. The minimum Gasteiger partial charge on any atom is -0.468 e. The number of carbonyl (C=O) groups excluding carboxylic acids is 1. The molecule has 3 heterocycles. The molecule has 8 heteroatoms. The highest BCUT2D eigenvalue weighted by atomic mass is 35.5. The number of aryl methyl sites for hydroxylation is 1. The largest absolute Gasteiger partial charge is 0.468 e. The monoisotopic (exact) mass is 440 g/mol. The molecule has 1 amide bonds. The number of hydrogen-bond donors (Lipinski definition) is 1. The molecule has 0 saturated carbocycles. The molecular weight excluding hydrogens is 416 g/mol. The molecule has 1 saturated heterocycles. The van der Waals surface area contributed by atoms with Crippen LogP contribution in [0.2, 0.25) is 5.02 Å². The van der Waals surface area contributed by atoms with Gasteiger partial charge in [0.2, 0.25) is 5.43 Å². The Bertz CT molecular complexity index is 1090. The lowest BCUT2D eigenvalue weighted by Gasteiger charge is -2.33. The summed E-state index contributed by atoms with van der Waals surface area (Å²) in [6.07, 6.45) is 5.10. The van der Waals surface area contributed by atoms with Crippen LogP contribution in [0.4, 0.5) is 0 Å². The molecule has 0 spiro atoms. The first-order valence-electron chi connectivity index (χ1n) is 10.5. The molecule has 0 bridgehead atoms. The van der Waals surface area contributed by atoms with E-state index in [9.17, 15) is 9.59 Å². The number of benzene rings is 1. The van der Waals surface area contributed by atoms with Crippen LogP contribution in [-0.2, 0) is 0 Å². The van der Waals surface area contributed by atoms with Crippen molar-refractivity contribution in [1.82, 2.24) is 20.0 Å². The number of carbonyl (C=O) groups is 1. The Morgan fingerprint density at radius 3 is 2.61 bits per heavy atom. The van der Waals surface area contributed by atoms with E-state index in [4.69, 9.17) is 16.0 Å². The quantitative estimate of drug-likeness (QED) is 0.631. The zero-order valence-corrected chi connectivity index (χ0v) is 18.1. The lowest BCUT2D eigenvalue weighted by atomic mass is 10.1. The van der Waals surface area contributed by atoms with Gasteiger partial charge in [-0.2, -0.15) is 5.10 Å². The zero-order valence-electron chi connectivity index (χ0n) is 17.4. The Morgan fingerprint density at radius 2 is 1.94 bits per heavy atom. The van der Waals surface area contributed by atoms with Gasteiger partial charge in [0.1, 0.15) is 5.76 Å². The lowest BCUT2D eigenvalue weighted by Crippen LogP contribution is -2.41. The van der Waals surface area contributed by atoms with Gasteiger partial charge in [-0.1, -0.05) is 18.0 Å². The maximum absolute atomic E-state index is 12.9. The van der Waals surface area contributed by atoms with Gasteiger partial charge in [0.25, 0.3) is 5.91 Å². The van der Waals surface area contributed by atoms with Crippen molar-refractivity contribution >= 4 is 17.5 Å². The topological polar surface area (TPSA) is 80.4 Å². The molecule has 7 nitrogen and oxygen atoms in total. The molecule has 1 fully saturated rings. The van der Waals surface area contributed by atoms with Crippen molar-refractivity contribution < 1.29 is 9.21 Å². The highest BCUT2D eigenvalue weighted by molar-refractivity contribution is 6.30. The Labute approximate surface area is 185 Å². The van der Waals surface area contributed by atoms with E-state index in [1.165, 1.54) is 12.5 Å². The molecule has 1 N–H and O–H groups in total. The molecule has 1 aliphatic rings. The predicted molar refractivity (Wildman–Crippen MR) is 119 cm³/mol. The van der Waals surface area contributed by atoms with Gasteiger partial charge in [-0.25, -0.2) is 4.68 Å². The van der Waals surface area contributed by atoms with Crippen molar-refractivity contribution in [2.45, 2.75) is 32.2 Å². The normalized spacial score (nSPS) is 15.5. The third-order valence-electron chi connectivity index (χ3n) is 5.55. The van der Waals surface area contributed by atoms with Crippen molar-refractivity contribution in [3.63, 3.8) is 0 Å². The second kappa shape index (κ2) is 9.49. The zero-order chi connectivity index (χ0) is 21.8. The third-order valence-corrected chi connectivity index (χ3v) is 5.80. The summed E-state index contributed by atoms with van der Waals surface area (Å²) < 4.78 is 7.20. The van der Waals surface area contributed by atoms with Crippen molar-refractivity contribution in [3.8, 4) is 5.69 Å². The van der Waals surface area contributed by atoms with Crippen molar-refractivity contribution in [2.24, 2.45) is 0 Å². The fourth-order valence-corrected chi connectivity index (χ4v) is 4.07. The smallest absolute Gasteiger partial charge is 0.275 e. The third kappa shape index (κ3) is 4.89. The van der Waals surface area contributed by atoms with Crippen LogP contribution in [0.25, 0.3) is 5.69 Å². The average Bonchev–Trinajstić information content (AvgIpc) is 3.30. The van der Waals surface area contributed by atoms with Crippen LogP contribution < -0.4 is 10.7 Å². The average molecular weight is 441 g/mol. The first kappa shape index (κ1) is 21.3. The molecule has 1 aromatic carbocycles. The number of furan rings is 1. The Balaban J connectivity index is 1.55. The van der Waals surface area contributed by atoms with Crippen LogP contribution >= 0.6 is 11.6 Å². The predicted octanol–water partition coefficient (Wildman–Crippen LogP) is 3.74. The number of amides is 1. The number of nitrogens with zero attached hydrogens (tertiary/aromatic N) is 3. The number of hydrogen-bond acceptors (Lipinski definition) is 5. The van der Waals surface area contributed by atoms with Gasteiger partial charge in [-0.15, -0.1) is 0 Å². The summed E-state index contributed by atoms with van der Waals surface area (Å²) in [7, 11) is 0. The summed E-state index contributed by atoms with van der Waals surface area (Å²) in [5, 5.41) is 7.83. The second-order valence-electron chi connectivity index (χ2n) is 7.72. The SMILES string of the molecule is Cc1cc(=O)c(C(=O)NCC(c2ccco2)N2CCCCC2)nn1-c1ccc(Cl)cc1. The van der Waals surface area contributed by atoms with Gasteiger partial charge in [-0.05, 0) is 69.3 Å². The van der Waals surface area contributed by atoms with Crippen LogP contribution in [0.5, 0.6) is 0 Å². The first-order chi connectivity index (χ1) is 15.0. The number of aromatic nitrogens is 2. The van der Waals surface area contributed by atoms with E-state index in [0.717, 1.165) is 37.4 Å². The van der Waals surface area contributed by atoms with E-state index < -0.39 is 11.3 Å². The molecule has 3 aromatic rings. The molecule has 0 aliphatic carbocycles. The highest BCUT2D eigenvalue weighted by Gasteiger charge is 2.26.